The van der Waals surface area contributed by atoms with Gasteiger partial charge in [0.1, 0.15) is 0 Å². The molecule has 3 atom stereocenters. The fourth-order valence-corrected chi connectivity index (χ4v) is 1.38. The fourth-order valence-electron chi connectivity index (χ4n) is 1.38. The van der Waals surface area contributed by atoms with Crippen LogP contribution < -0.4 is 0 Å². The monoisotopic (exact) mass is 292 g/mol. The minimum atomic E-state index is -1.91. The number of esters is 3. The molecule has 0 aliphatic rings. The normalized spacial score (nSPS) is 14.6. The van der Waals surface area contributed by atoms with E-state index in [1.165, 1.54) is 0 Å². The first kappa shape index (κ1) is 17.8. The molecule has 9 heteroatoms. The van der Waals surface area contributed by atoms with Crippen molar-refractivity contribution in [2.75, 3.05) is 6.61 Å². The average Bonchev–Trinajstić information content (AvgIpc) is 2.29. The van der Waals surface area contributed by atoms with Crippen molar-refractivity contribution in [1.82, 2.24) is 0 Å². The average molecular weight is 292 g/mol. The SMILES string of the molecule is CC(=O)O[C@H]([C@@H](CO)OC(C)=O)[C@@H](OC(C)=O)C(=O)O. The van der Waals surface area contributed by atoms with E-state index in [0.29, 0.717) is 0 Å². The first-order valence-corrected chi connectivity index (χ1v) is 5.54. The Balaban J connectivity index is 5.33. The predicted octanol–water partition coefficient (Wildman–Crippen LogP) is -1.14. The molecule has 0 heterocycles. The fraction of sp³-hybridized carbons (Fsp3) is 0.636. The maximum Gasteiger partial charge on any atom is 0.349 e. The van der Waals surface area contributed by atoms with Crippen LogP contribution in [0.15, 0.2) is 0 Å². The second-order valence-corrected chi connectivity index (χ2v) is 3.77. The number of aliphatic hydroxyl groups is 1. The van der Waals surface area contributed by atoms with Crippen molar-refractivity contribution in [3.05, 3.63) is 0 Å². The topological polar surface area (TPSA) is 136 Å². The third-order valence-corrected chi connectivity index (χ3v) is 2.00. The summed E-state index contributed by atoms with van der Waals surface area (Å²) in [6, 6.07) is 0. The highest BCUT2D eigenvalue weighted by Crippen LogP contribution is 2.14. The molecule has 9 nitrogen and oxygen atoms in total. The van der Waals surface area contributed by atoms with E-state index in [2.05, 4.69) is 9.47 Å². The third kappa shape index (κ3) is 6.14. The minimum Gasteiger partial charge on any atom is -0.478 e. The molecular formula is C11H16O9. The lowest BCUT2D eigenvalue weighted by Crippen LogP contribution is -2.50. The molecule has 0 spiro atoms. The number of carbonyl (C=O) groups is 4. The van der Waals surface area contributed by atoms with Gasteiger partial charge in [-0.2, -0.15) is 0 Å². The van der Waals surface area contributed by atoms with Crippen LogP contribution in [0.1, 0.15) is 20.8 Å². The first-order valence-electron chi connectivity index (χ1n) is 5.54. The summed E-state index contributed by atoms with van der Waals surface area (Å²) in [4.78, 5) is 43.8. The predicted molar refractivity (Wildman–Crippen MR) is 61.4 cm³/mol. The molecule has 0 aliphatic carbocycles. The summed E-state index contributed by atoms with van der Waals surface area (Å²) in [5.41, 5.74) is 0. The zero-order valence-electron chi connectivity index (χ0n) is 11.2. The van der Waals surface area contributed by atoms with Crippen LogP contribution in [0, 0.1) is 0 Å². The Labute approximate surface area is 114 Å². The Morgan fingerprint density at radius 1 is 0.900 bits per heavy atom. The molecule has 2 N–H and O–H groups in total. The molecule has 0 saturated carbocycles. The Morgan fingerprint density at radius 3 is 1.65 bits per heavy atom. The molecule has 0 fully saturated rings. The summed E-state index contributed by atoms with van der Waals surface area (Å²) in [5.74, 6) is -4.27. The quantitative estimate of drug-likeness (QED) is 0.440. The number of carboxylic acid groups (broad SMARTS) is 1. The van der Waals surface area contributed by atoms with Gasteiger partial charge in [0.05, 0.1) is 6.61 Å². The Kier molecular flexibility index (Phi) is 7.22. The standard InChI is InChI=1S/C11H16O9/c1-5(13)18-8(4-12)9(19-6(2)14)10(11(16)17)20-7(3)15/h8-10,12H,4H2,1-3H3,(H,16,17)/t8-,9-,10-/m1/s1. The van der Waals surface area contributed by atoms with Crippen molar-refractivity contribution >= 4 is 23.9 Å². The highest BCUT2D eigenvalue weighted by atomic mass is 16.6. The number of hydrogen-bond acceptors (Lipinski definition) is 8. The summed E-state index contributed by atoms with van der Waals surface area (Å²) in [5, 5.41) is 18.1. The summed E-state index contributed by atoms with van der Waals surface area (Å²) in [6.45, 7) is 2.15. The van der Waals surface area contributed by atoms with Gasteiger partial charge in [-0.1, -0.05) is 0 Å². The van der Waals surface area contributed by atoms with Gasteiger partial charge in [-0.3, -0.25) is 14.4 Å². The van der Waals surface area contributed by atoms with E-state index in [-0.39, 0.29) is 0 Å². The van der Waals surface area contributed by atoms with E-state index in [4.69, 9.17) is 14.9 Å². The van der Waals surface area contributed by atoms with Gasteiger partial charge < -0.3 is 24.4 Å². The van der Waals surface area contributed by atoms with Gasteiger partial charge in [-0.05, 0) is 0 Å². The number of aliphatic carboxylic acids is 1. The van der Waals surface area contributed by atoms with Crippen molar-refractivity contribution in [2.24, 2.45) is 0 Å². The highest BCUT2D eigenvalue weighted by molar-refractivity contribution is 5.78. The second-order valence-electron chi connectivity index (χ2n) is 3.77. The summed E-state index contributed by atoms with van der Waals surface area (Å²) >= 11 is 0. The number of hydrogen-bond donors (Lipinski definition) is 2. The Bertz CT molecular complexity index is 389. The van der Waals surface area contributed by atoms with Crippen molar-refractivity contribution in [3.63, 3.8) is 0 Å². The molecule has 0 amide bonds. The zero-order valence-corrected chi connectivity index (χ0v) is 11.2. The van der Waals surface area contributed by atoms with Gasteiger partial charge in [0, 0.05) is 20.8 Å². The van der Waals surface area contributed by atoms with Crippen LogP contribution in [-0.2, 0) is 33.4 Å². The molecular weight excluding hydrogens is 276 g/mol. The van der Waals surface area contributed by atoms with Crippen LogP contribution in [-0.4, -0.2) is 59.0 Å². The number of carbonyl (C=O) groups excluding carboxylic acids is 3. The number of carboxylic acids is 1. The summed E-state index contributed by atoms with van der Waals surface area (Å²) < 4.78 is 13.9. The van der Waals surface area contributed by atoms with Crippen LogP contribution >= 0.6 is 0 Å². The van der Waals surface area contributed by atoms with Gasteiger partial charge in [0.2, 0.25) is 6.10 Å². The molecule has 0 rings (SSSR count). The summed E-state index contributed by atoms with van der Waals surface area (Å²) in [6.07, 6.45) is -5.05. The molecule has 0 aromatic carbocycles. The Hall–Kier alpha value is -2.16. The molecule has 0 bridgehead atoms. The van der Waals surface area contributed by atoms with Crippen molar-refractivity contribution in [3.8, 4) is 0 Å². The smallest absolute Gasteiger partial charge is 0.349 e. The molecule has 0 radical (unpaired) electrons. The first-order chi connectivity index (χ1) is 9.18. The second kappa shape index (κ2) is 8.10. The lowest BCUT2D eigenvalue weighted by Gasteiger charge is -2.28. The highest BCUT2D eigenvalue weighted by Gasteiger charge is 2.41. The van der Waals surface area contributed by atoms with Crippen molar-refractivity contribution in [1.29, 1.82) is 0 Å². The molecule has 0 saturated heterocycles. The minimum absolute atomic E-state index is 0.817. The van der Waals surface area contributed by atoms with E-state index in [1.54, 1.807) is 0 Å². The molecule has 0 unspecified atom stereocenters. The lowest BCUT2D eigenvalue weighted by atomic mass is 10.1. The van der Waals surface area contributed by atoms with E-state index in [1.807, 2.05) is 0 Å². The maximum absolute atomic E-state index is 11.1. The summed E-state index contributed by atoms with van der Waals surface area (Å²) in [7, 11) is 0. The van der Waals surface area contributed by atoms with Crippen molar-refractivity contribution < 1.29 is 43.6 Å². The Morgan fingerprint density at radius 2 is 1.35 bits per heavy atom. The van der Waals surface area contributed by atoms with Gasteiger partial charge in [0.25, 0.3) is 0 Å². The molecule has 0 aliphatic heterocycles. The molecule has 0 aromatic rings. The van der Waals surface area contributed by atoms with E-state index in [0.717, 1.165) is 20.8 Å². The van der Waals surface area contributed by atoms with Crippen LogP contribution in [0.4, 0.5) is 0 Å². The van der Waals surface area contributed by atoms with Crippen LogP contribution in [0.3, 0.4) is 0 Å². The van der Waals surface area contributed by atoms with Crippen LogP contribution in [0.5, 0.6) is 0 Å². The van der Waals surface area contributed by atoms with Crippen LogP contribution in [0.25, 0.3) is 0 Å². The largest absolute Gasteiger partial charge is 0.478 e. The van der Waals surface area contributed by atoms with Gasteiger partial charge in [0.15, 0.2) is 12.2 Å². The number of rotatable bonds is 7. The molecule has 20 heavy (non-hydrogen) atoms. The number of ether oxygens (including phenoxy) is 3. The van der Waals surface area contributed by atoms with E-state index < -0.39 is 48.8 Å². The van der Waals surface area contributed by atoms with Crippen LogP contribution in [0.2, 0.25) is 0 Å². The third-order valence-electron chi connectivity index (χ3n) is 2.00. The van der Waals surface area contributed by atoms with E-state index in [9.17, 15) is 19.2 Å². The molecule has 114 valence electrons. The molecule has 0 aromatic heterocycles. The maximum atomic E-state index is 11.1. The lowest BCUT2D eigenvalue weighted by molar-refractivity contribution is -0.193. The van der Waals surface area contributed by atoms with Gasteiger partial charge in [-0.25, -0.2) is 4.79 Å². The number of aliphatic hydroxyl groups excluding tert-OH is 1. The zero-order chi connectivity index (χ0) is 15.9. The van der Waals surface area contributed by atoms with Gasteiger partial charge in [-0.15, -0.1) is 0 Å². The van der Waals surface area contributed by atoms with Gasteiger partial charge >= 0.3 is 23.9 Å². The van der Waals surface area contributed by atoms with E-state index >= 15 is 0 Å². The van der Waals surface area contributed by atoms with Crippen molar-refractivity contribution in [2.45, 2.75) is 39.1 Å².